The number of carbonyl (C=O) groups excluding carboxylic acids is 1. The van der Waals surface area contributed by atoms with Gasteiger partial charge in [0.05, 0.1) is 13.2 Å². The zero-order valence-corrected chi connectivity index (χ0v) is 8.25. The predicted molar refractivity (Wildman–Crippen MR) is 47.9 cm³/mol. The highest BCUT2D eigenvalue weighted by atomic mass is 16.7. The van der Waals surface area contributed by atoms with Crippen LogP contribution < -0.4 is 0 Å². The quantitative estimate of drug-likeness (QED) is 0.404. The van der Waals surface area contributed by atoms with Gasteiger partial charge in [-0.3, -0.25) is 0 Å². The molecule has 1 atom stereocenters. The molecule has 1 unspecified atom stereocenters. The zero-order valence-electron chi connectivity index (χ0n) is 8.25. The van der Waals surface area contributed by atoms with Gasteiger partial charge in [-0.1, -0.05) is 13.3 Å². The van der Waals surface area contributed by atoms with E-state index in [9.17, 15) is 4.79 Å². The van der Waals surface area contributed by atoms with E-state index in [-0.39, 0.29) is 0 Å². The molecule has 0 fully saturated rings. The molecule has 0 aromatic heterocycles. The van der Waals surface area contributed by atoms with Crippen LogP contribution in [0, 0.1) is 0 Å². The van der Waals surface area contributed by atoms with Crippen LogP contribution in [0.4, 0.5) is 0 Å². The van der Waals surface area contributed by atoms with Crippen molar-refractivity contribution in [2.75, 3.05) is 19.8 Å². The molecule has 0 heterocycles. The molecule has 0 saturated carbocycles. The Morgan fingerprint density at radius 2 is 2.08 bits per heavy atom. The lowest BCUT2D eigenvalue weighted by Crippen LogP contribution is -2.15. The van der Waals surface area contributed by atoms with Crippen molar-refractivity contribution < 1.29 is 19.0 Å². The monoisotopic (exact) mass is 189 g/mol. The molecule has 0 aromatic rings. The lowest BCUT2D eigenvalue weighted by molar-refractivity contribution is -0.0911. The number of unbranched alkanes of at least 4 members (excludes halogenated alkanes) is 1. The van der Waals surface area contributed by atoms with E-state index in [0.717, 1.165) is 19.4 Å². The lowest BCUT2D eigenvalue weighted by Gasteiger charge is -2.09. The third-order valence-corrected chi connectivity index (χ3v) is 1.44. The largest absolute Gasteiger partial charge is 0.428 e. The van der Waals surface area contributed by atoms with Gasteiger partial charge in [0.25, 0.3) is 0 Å². The van der Waals surface area contributed by atoms with Gasteiger partial charge >= 0.3 is 6.47 Å². The van der Waals surface area contributed by atoms with Crippen molar-refractivity contribution in [2.24, 2.45) is 0 Å². The Bertz CT molecular complexity index is 116. The average molecular weight is 189 g/mol. The van der Waals surface area contributed by atoms with Crippen LogP contribution in [0.1, 0.15) is 26.7 Å². The minimum absolute atomic E-state index is 0.437. The van der Waals surface area contributed by atoms with Crippen LogP contribution in [0.3, 0.4) is 0 Å². The normalized spacial score (nSPS) is 12.5. The van der Waals surface area contributed by atoms with Crippen LogP contribution in [0.5, 0.6) is 0 Å². The van der Waals surface area contributed by atoms with Crippen molar-refractivity contribution in [1.82, 2.24) is 0 Å². The molecule has 4 heteroatoms. The van der Waals surface area contributed by atoms with Gasteiger partial charge in [-0.05, 0) is 13.3 Å². The van der Waals surface area contributed by atoms with Gasteiger partial charge in [-0.25, -0.2) is 4.79 Å². The Labute approximate surface area is 79.2 Å². The van der Waals surface area contributed by atoms with Gasteiger partial charge < -0.3 is 14.2 Å². The summed E-state index contributed by atoms with van der Waals surface area (Å²) in [5, 5.41) is 0. The summed E-state index contributed by atoms with van der Waals surface area (Å²) in [6.07, 6.45) is 1.65. The fourth-order valence-corrected chi connectivity index (χ4v) is 0.723. The Balaban J connectivity index is 3.01. The highest BCUT2D eigenvalue weighted by Crippen LogP contribution is 1.92. The summed E-state index contributed by atoms with van der Waals surface area (Å²) in [4.78, 5) is 9.73. The Kier molecular flexibility index (Phi) is 9.03. The molecule has 0 rings (SSSR count). The fraction of sp³-hybridized carbons (Fsp3) is 0.889. The SMILES string of the molecule is CCCCOCCOC(C)O[C]=O. The van der Waals surface area contributed by atoms with Crippen molar-refractivity contribution in [3.05, 3.63) is 0 Å². The Hall–Kier alpha value is -0.610. The summed E-state index contributed by atoms with van der Waals surface area (Å²) in [7, 11) is 0. The molecule has 0 bridgehead atoms. The summed E-state index contributed by atoms with van der Waals surface area (Å²) in [5.74, 6) is 0. The van der Waals surface area contributed by atoms with Crippen LogP contribution in [0.25, 0.3) is 0 Å². The second-order valence-electron chi connectivity index (χ2n) is 2.61. The third-order valence-electron chi connectivity index (χ3n) is 1.44. The Morgan fingerprint density at radius 1 is 1.31 bits per heavy atom. The van der Waals surface area contributed by atoms with Crippen molar-refractivity contribution >= 4 is 6.47 Å². The van der Waals surface area contributed by atoms with E-state index in [2.05, 4.69) is 11.7 Å². The summed E-state index contributed by atoms with van der Waals surface area (Å²) >= 11 is 0. The second-order valence-corrected chi connectivity index (χ2v) is 2.61. The van der Waals surface area contributed by atoms with Crippen LogP contribution in [-0.2, 0) is 19.0 Å². The Morgan fingerprint density at radius 3 is 2.69 bits per heavy atom. The maximum atomic E-state index is 9.73. The first-order valence-electron chi connectivity index (χ1n) is 4.53. The number of hydrogen-bond donors (Lipinski definition) is 0. The first-order valence-corrected chi connectivity index (χ1v) is 4.53. The average Bonchev–Trinajstić information content (AvgIpc) is 2.11. The van der Waals surface area contributed by atoms with Crippen molar-refractivity contribution in [2.45, 2.75) is 33.0 Å². The fourth-order valence-electron chi connectivity index (χ4n) is 0.723. The first kappa shape index (κ1) is 12.4. The number of hydrogen-bond acceptors (Lipinski definition) is 4. The third kappa shape index (κ3) is 9.30. The minimum atomic E-state index is -0.535. The van der Waals surface area contributed by atoms with E-state index >= 15 is 0 Å². The molecule has 0 aliphatic heterocycles. The predicted octanol–water partition coefficient (Wildman–Crippen LogP) is 1.25. The van der Waals surface area contributed by atoms with Gasteiger partial charge in [-0.15, -0.1) is 0 Å². The van der Waals surface area contributed by atoms with Gasteiger partial charge in [0, 0.05) is 6.61 Å². The second kappa shape index (κ2) is 9.48. The standard InChI is InChI=1S/C9H17O4/c1-3-4-5-11-6-7-12-9(2)13-8-10/h9H,3-7H2,1-2H3. The van der Waals surface area contributed by atoms with Crippen LogP contribution in [0.15, 0.2) is 0 Å². The van der Waals surface area contributed by atoms with Gasteiger partial charge in [-0.2, -0.15) is 0 Å². The maximum absolute atomic E-state index is 9.73. The van der Waals surface area contributed by atoms with E-state index in [1.165, 1.54) is 6.47 Å². The number of rotatable bonds is 9. The van der Waals surface area contributed by atoms with E-state index in [4.69, 9.17) is 9.47 Å². The van der Waals surface area contributed by atoms with Crippen molar-refractivity contribution in [1.29, 1.82) is 0 Å². The number of ether oxygens (including phenoxy) is 3. The molecule has 0 aliphatic carbocycles. The molecular formula is C9H17O4. The van der Waals surface area contributed by atoms with E-state index in [1.807, 2.05) is 0 Å². The van der Waals surface area contributed by atoms with Gasteiger partial charge in [0.2, 0.25) is 6.29 Å². The van der Waals surface area contributed by atoms with Gasteiger partial charge in [0.1, 0.15) is 0 Å². The van der Waals surface area contributed by atoms with E-state index in [0.29, 0.717) is 13.2 Å². The molecule has 77 valence electrons. The van der Waals surface area contributed by atoms with Gasteiger partial charge in [0.15, 0.2) is 0 Å². The molecule has 1 radical (unpaired) electrons. The summed E-state index contributed by atoms with van der Waals surface area (Å²) in [6, 6.07) is 0. The highest BCUT2D eigenvalue weighted by molar-refractivity contribution is 5.38. The topological polar surface area (TPSA) is 44.8 Å². The summed E-state index contributed by atoms with van der Waals surface area (Å²) in [5.41, 5.74) is 0. The van der Waals surface area contributed by atoms with E-state index in [1.54, 1.807) is 6.92 Å². The molecule has 0 spiro atoms. The molecule has 4 nitrogen and oxygen atoms in total. The van der Waals surface area contributed by atoms with Crippen LogP contribution >= 0.6 is 0 Å². The highest BCUT2D eigenvalue weighted by Gasteiger charge is 2.00. The van der Waals surface area contributed by atoms with Crippen LogP contribution in [-0.4, -0.2) is 32.6 Å². The lowest BCUT2D eigenvalue weighted by atomic mass is 10.4. The smallest absolute Gasteiger partial charge is 0.419 e. The van der Waals surface area contributed by atoms with Crippen molar-refractivity contribution in [3.63, 3.8) is 0 Å². The molecule has 0 saturated heterocycles. The molecule has 0 amide bonds. The molecular weight excluding hydrogens is 172 g/mol. The van der Waals surface area contributed by atoms with Crippen LogP contribution in [0.2, 0.25) is 0 Å². The maximum Gasteiger partial charge on any atom is 0.419 e. The molecule has 0 aromatic carbocycles. The zero-order chi connectivity index (χ0) is 9.94. The summed E-state index contributed by atoms with van der Waals surface area (Å²) in [6.45, 7) is 6.79. The first-order chi connectivity index (χ1) is 6.31. The van der Waals surface area contributed by atoms with Crippen molar-refractivity contribution in [3.8, 4) is 0 Å². The molecule has 0 aliphatic rings. The van der Waals surface area contributed by atoms with E-state index < -0.39 is 6.29 Å². The molecule has 0 N–H and O–H groups in total. The summed E-state index contributed by atoms with van der Waals surface area (Å²) < 4.78 is 14.7. The minimum Gasteiger partial charge on any atom is -0.428 e. The molecule has 13 heavy (non-hydrogen) atoms.